The third kappa shape index (κ3) is 4.30. The fourth-order valence-corrected chi connectivity index (χ4v) is 4.79. The van der Waals surface area contributed by atoms with Gasteiger partial charge in [0.25, 0.3) is 10.0 Å². The van der Waals surface area contributed by atoms with Crippen molar-refractivity contribution in [1.82, 2.24) is 14.9 Å². The van der Waals surface area contributed by atoms with Crippen LogP contribution in [0.5, 0.6) is 17.2 Å². The number of hydrogen-bond acceptors (Lipinski definition) is 9. The zero-order chi connectivity index (χ0) is 23.6. The Morgan fingerprint density at radius 2 is 1.76 bits per heavy atom. The minimum atomic E-state index is -4.15. The first-order valence-electron chi connectivity index (χ1n) is 9.82. The van der Waals surface area contributed by atoms with Gasteiger partial charge in [-0.15, -0.1) is 0 Å². The van der Waals surface area contributed by atoms with E-state index in [0.29, 0.717) is 29.8 Å². The summed E-state index contributed by atoms with van der Waals surface area (Å²) in [7, 11) is 0.0815. The molecule has 0 spiro atoms. The second-order valence-corrected chi connectivity index (χ2v) is 8.63. The molecule has 4 aromatic rings. The van der Waals surface area contributed by atoms with E-state index in [9.17, 15) is 8.42 Å². The summed E-state index contributed by atoms with van der Waals surface area (Å²) in [6, 6.07) is 10.0. The standard InChI is InChI=1S/C21H23N5O6S/c1-29-15-5-4-6-16(30-2)20(15)33(27,28)25-21-19-17(31-3)9-13(10-18(19)32-24-21)12-26-8-7-14(11-22)23-26/h4-10H,11-12,22H2,1-3H3,(H,24,25). The molecule has 0 atom stereocenters. The number of sulfonamides is 1. The second-order valence-electron chi connectivity index (χ2n) is 7.01. The molecule has 0 bridgehead atoms. The van der Waals surface area contributed by atoms with Gasteiger partial charge in [-0.1, -0.05) is 11.2 Å². The first-order chi connectivity index (χ1) is 15.9. The number of fused-ring (bicyclic) bond motifs is 1. The molecule has 4 rings (SSSR count). The van der Waals surface area contributed by atoms with Gasteiger partial charge >= 0.3 is 0 Å². The molecule has 0 unspecified atom stereocenters. The summed E-state index contributed by atoms with van der Waals surface area (Å²) in [5, 5.41) is 8.67. The zero-order valence-corrected chi connectivity index (χ0v) is 19.0. The van der Waals surface area contributed by atoms with Gasteiger partial charge in [-0.2, -0.15) is 5.10 Å². The van der Waals surface area contributed by atoms with Crippen LogP contribution in [0.1, 0.15) is 11.3 Å². The molecule has 11 nitrogen and oxygen atoms in total. The van der Waals surface area contributed by atoms with E-state index >= 15 is 0 Å². The normalized spacial score (nSPS) is 11.5. The number of methoxy groups -OCH3 is 3. The predicted molar refractivity (Wildman–Crippen MR) is 120 cm³/mol. The van der Waals surface area contributed by atoms with Crippen molar-refractivity contribution >= 4 is 26.8 Å². The van der Waals surface area contributed by atoms with E-state index in [0.717, 1.165) is 11.3 Å². The van der Waals surface area contributed by atoms with Crippen LogP contribution < -0.4 is 24.7 Å². The van der Waals surface area contributed by atoms with Gasteiger partial charge in [0.1, 0.15) is 22.6 Å². The lowest BCUT2D eigenvalue weighted by atomic mass is 10.1. The number of benzene rings is 2. The lowest BCUT2D eigenvalue weighted by Gasteiger charge is -2.14. The molecule has 2 heterocycles. The molecular weight excluding hydrogens is 450 g/mol. The summed E-state index contributed by atoms with van der Waals surface area (Å²) in [5.41, 5.74) is 7.56. The summed E-state index contributed by atoms with van der Waals surface area (Å²) < 4.78 is 52.0. The first kappa shape index (κ1) is 22.4. The SMILES string of the molecule is COc1cccc(OC)c1S(=O)(=O)Nc1noc2cc(Cn3ccc(CN)n3)cc(OC)c12. The Balaban J connectivity index is 1.72. The van der Waals surface area contributed by atoms with Gasteiger partial charge in [0.15, 0.2) is 16.3 Å². The highest BCUT2D eigenvalue weighted by molar-refractivity contribution is 7.93. The van der Waals surface area contributed by atoms with Gasteiger partial charge in [0.05, 0.1) is 33.6 Å². The molecule has 2 aromatic heterocycles. The highest BCUT2D eigenvalue weighted by Gasteiger charge is 2.28. The largest absolute Gasteiger partial charge is 0.496 e. The van der Waals surface area contributed by atoms with Crippen LogP contribution in [0.2, 0.25) is 0 Å². The molecule has 33 heavy (non-hydrogen) atoms. The van der Waals surface area contributed by atoms with Crippen molar-refractivity contribution in [2.24, 2.45) is 5.73 Å². The second kappa shape index (κ2) is 9.00. The molecular formula is C21H23N5O6S. The maximum atomic E-state index is 13.2. The van der Waals surface area contributed by atoms with Crippen molar-refractivity contribution < 1.29 is 27.2 Å². The van der Waals surface area contributed by atoms with E-state index in [4.69, 9.17) is 24.5 Å². The summed E-state index contributed by atoms with van der Waals surface area (Å²) in [4.78, 5) is -0.156. The minimum absolute atomic E-state index is 0.0223. The van der Waals surface area contributed by atoms with Gasteiger partial charge in [-0.05, 0) is 35.9 Å². The monoisotopic (exact) mass is 473 g/mol. The Kier molecular flexibility index (Phi) is 6.11. The van der Waals surface area contributed by atoms with Crippen LogP contribution in [-0.2, 0) is 23.1 Å². The van der Waals surface area contributed by atoms with E-state index in [2.05, 4.69) is 15.0 Å². The van der Waals surface area contributed by atoms with E-state index in [1.54, 1.807) is 22.9 Å². The topological polar surface area (TPSA) is 144 Å². The third-order valence-electron chi connectivity index (χ3n) is 4.95. The van der Waals surface area contributed by atoms with Crippen molar-refractivity contribution in [3.63, 3.8) is 0 Å². The van der Waals surface area contributed by atoms with E-state index in [-0.39, 0.29) is 22.2 Å². The van der Waals surface area contributed by atoms with Crippen molar-refractivity contribution in [1.29, 1.82) is 0 Å². The number of nitrogens with zero attached hydrogens (tertiary/aromatic N) is 3. The van der Waals surface area contributed by atoms with Crippen LogP contribution in [0.15, 0.2) is 52.0 Å². The van der Waals surface area contributed by atoms with Crippen molar-refractivity contribution in [2.75, 3.05) is 26.1 Å². The van der Waals surface area contributed by atoms with Crippen LogP contribution >= 0.6 is 0 Å². The number of rotatable bonds is 9. The van der Waals surface area contributed by atoms with E-state index in [1.807, 2.05) is 12.3 Å². The number of hydrogen-bond donors (Lipinski definition) is 2. The molecule has 12 heteroatoms. The molecule has 0 aliphatic rings. The highest BCUT2D eigenvalue weighted by Crippen LogP contribution is 2.38. The third-order valence-corrected chi connectivity index (χ3v) is 6.35. The molecule has 0 amide bonds. The first-order valence-corrected chi connectivity index (χ1v) is 11.3. The Bertz CT molecular complexity index is 1370. The average Bonchev–Trinajstić information content (AvgIpc) is 3.44. The lowest BCUT2D eigenvalue weighted by molar-refractivity contribution is 0.373. The molecule has 0 aliphatic carbocycles. The fraction of sp³-hybridized carbons (Fsp3) is 0.238. The Morgan fingerprint density at radius 1 is 1.06 bits per heavy atom. The van der Waals surface area contributed by atoms with E-state index in [1.165, 1.54) is 33.5 Å². The molecule has 0 saturated carbocycles. The quantitative estimate of drug-likeness (QED) is 0.374. The molecule has 0 saturated heterocycles. The molecule has 0 radical (unpaired) electrons. The maximum absolute atomic E-state index is 13.2. The maximum Gasteiger partial charge on any atom is 0.270 e. The van der Waals surface area contributed by atoms with Crippen LogP contribution in [0.4, 0.5) is 5.82 Å². The highest BCUT2D eigenvalue weighted by atomic mass is 32.2. The van der Waals surface area contributed by atoms with Crippen molar-refractivity contribution in [3.05, 3.63) is 53.9 Å². The van der Waals surface area contributed by atoms with Crippen molar-refractivity contribution in [2.45, 2.75) is 18.0 Å². The van der Waals surface area contributed by atoms with Crippen LogP contribution in [-0.4, -0.2) is 44.7 Å². The summed E-state index contributed by atoms with van der Waals surface area (Å²) in [6.07, 6.45) is 1.82. The summed E-state index contributed by atoms with van der Waals surface area (Å²) in [5.74, 6) is 0.616. The van der Waals surface area contributed by atoms with Gasteiger partial charge in [0.2, 0.25) is 0 Å². The van der Waals surface area contributed by atoms with Gasteiger partial charge in [-0.3, -0.25) is 9.40 Å². The molecule has 3 N–H and O–H groups in total. The Hall–Kier alpha value is -3.77. The number of nitrogens with two attached hydrogens (primary N) is 1. The van der Waals surface area contributed by atoms with E-state index < -0.39 is 10.0 Å². The fourth-order valence-electron chi connectivity index (χ4n) is 3.46. The Labute approximate surface area is 190 Å². The number of aromatic nitrogens is 3. The van der Waals surface area contributed by atoms with Crippen molar-refractivity contribution in [3.8, 4) is 17.2 Å². The van der Waals surface area contributed by atoms with Gasteiger partial charge in [-0.25, -0.2) is 8.42 Å². The number of nitrogens with one attached hydrogen (secondary N) is 1. The zero-order valence-electron chi connectivity index (χ0n) is 18.2. The molecule has 174 valence electrons. The predicted octanol–water partition coefficient (Wildman–Crippen LogP) is 2.36. The Morgan fingerprint density at radius 3 is 2.36 bits per heavy atom. The van der Waals surface area contributed by atoms with Crippen LogP contribution in [0, 0.1) is 0 Å². The molecule has 0 aliphatic heterocycles. The number of ether oxygens (including phenoxy) is 3. The summed E-state index contributed by atoms with van der Waals surface area (Å²) in [6.45, 7) is 0.782. The van der Waals surface area contributed by atoms with Crippen LogP contribution in [0.3, 0.4) is 0 Å². The average molecular weight is 474 g/mol. The molecule has 0 fully saturated rings. The summed E-state index contributed by atoms with van der Waals surface area (Å²) >= 11 is 0. The van der Waals surface area contributed by atoms with Gasteiger partial charge < -0.3 is 24.5 Å². The minimum Gasteiger partial charge on any atom is -0.496 e. The number of anilines is 1. The molecule has 2 aromatic carbocycles. The van der Waals surface area contributed by atoms with Gasteiger partial charge in [0, 0.05) is 12.7 Å². The lowest BCUT2D eigenvalue weighted by Crippen LogP contribution is -2.15. The van der Waals surface area contributed by atoms with Crippen LogP contribution in [0.25, 0.3) is 11.0 Å². The smallest absolute Gasteiger partial charge is 0.270 e.